The van der Waals surface area contributed by atoms with Crippen LogP contribution in [-0.4, -0.2) is 21.3 Å². The van der Waals surface area contributed by atoms with E-state index in [0.29, 0.717) is 0 Å². The second-order valence-corrected chi connectivity index (χ2v) is 30.4. The summed E-state index contributed by atoms with van der Waals surface area (Å²) in [5.41, 5.74) is 13.1. The van der Waals surface area contributed by atoms with Crippen LogP contribution in [0.4, 0.5) is 0 Å². The summed E-state index contributed by atoms with van der Waals surface area (Å²) >= 11 is 14.3. The van der Waals surface area contributed by atoms with Crippen LogP contribution in [0.3, 0.4) is 0 Å². The Kier molecular flexibility index (Phi) is 45.4. The molecule has 4 aromatic heterocycles. The first kappa shape index (κ1) is 87.4. The van der Waals surface area contributed by atoms with Crippen molar-refractivity contribution >= 4 is 107 Å². The van der Waals surface area contributed by atoms with Gasteiger partial charge in [-0.1, -0.05) is 186 Å². The van der Waals surface area contributed by atoms with Crippen molar-refractivity contribution < 1.29 is 86.2 Å². The molecule has 0 aliphatic rings. The van der Waals surface area contributed by atoms with E-state index in [2.05, 4.69) is 277 Å². The van der Waals surface area contributed by atoms with Gasteiger partial charge in [-0.25, -0.2) is 18.3 Å². The Balaban J connectivity index is 0.000000452. The maximum absolute atomic E-state index is 3.59. The molecule has 6 aromatic carbocycles. The molecule has 0 aliphatic carbocycles. The molecule has 0 atom stereocenters. The number of rotatable bonds is 44. The normalized spacial score (nSPS) is 11.1. The van der Waals surface area contributed by atoms with Gasteiger partial charge in [-0.3, -0.25) is 0 Å². The molecule has 0 spiro atoms. The fourth-order valence-electron chi connectivity index (χ4n) is 14.2. The third kappa shape index (κ3) is 30.7. The zero-order valence-electron chi connectivity index (χ0n) is 59.6. The molecule has 10 rings (SSSR count). The fourth-order valence-corrected chi connectivity index (χ4v) is 15.8. The average Bonchev–Trinajstić information content (AvgIpc) is 0.854. The van der Waals surface area contributed by atoms with Crippen molar-refractivity contribution in [1.82, 2.24) is 0 Å². The van der Waals surface area contributed by atoms with Crippen molar-refractivity contribution in [2.24, 2.45) is 0 Å². The monoisotopic (exact) mass is 1860 g/mol. The number of pyridine rings is 4. The van der Waals surface area contributed by atoms with Gasteiger partial charge < -0.3 is 67.9 Å². The van der Waals surface area contributed by atoms with Gasteiger partial charge in [-0.05, 0) is 244 Å². The van der Waals surface area contributed by atoms with Crippen LogP contribution in [0.25, 0.3) is 43.1 Å². The largest absolute Gasteiger partial charge is 1.00 e. The molecule has 0 bridgehead atoms. The summed E-state index contributed by atoms with van der Waals surface area (Å²) in [5, 5.41) is 15.1. The predicted octanol–water partition coefficient (Wildman–Crippen LogP) is 11.2. The van der Waals surface area contributed by atoms with Crippen LogP contribution in [0.2, 0.25) is 0 Å². The van der Waals surface area contributed by atoms with Crippen molar-refractivity contribution in [3.63, 3.8) is 0 Å². The molecule has 540 valence electrons. The predicted molar refractivity (Wildman–Crippen MR) is 425 cm³/mol. The van der Waals surface area contributed by atoms with Gasteiger partial charge in [0.15, 0.2) is 49.6 Å². The molecule has 0 radical (unpaired) electrons. The molecule has 100 heavy (non-hydrogen) atoms. The van der Waals surface area contributed by atoms with Gasteiger partial charge in [0.25, 0.3) is 0 Å². The molecule has 0 saturated carbocycles. The number of aromatic nitrogens is 4. The second kappa shape index (κ2) is 51.9. The number of fused-ring (bicyclic) bond motifs is 4. The van der Waals surface area contributed by atoms with E-state index in [1.807, 2.05) is 0 Å². The van der Waals surface area contributed by atoms with Gasteiger partial charge in [-0.15, -0.1) is 0 Å². The lowest BCUT2D eigenvalue weighted by molar-refractivity contribution is -0.696. The lowest BCUT2D eigenvalue weighted by Crippen LogP contribution is -3.00. The first-order valence-electron chi connectivity index (χ1n) is 37.5. The first-order valence-corrected chi connectivity index (χ1v) is 42.0. The van der Waals surface area contributed by atoms with E-state index >= 15 is 0 Å². The highest BCUT2D eigenvalue weighted by Gasteiger charge is 2.16. The maximum Gasteiger partial charge on any atom is 0.176 e. The molecule has 12 heteroatoms. The minimum absolute atomic E-state index is 0. The van der Waals surface area contributed by atoms with Crippen LogP contribution in [0.1, 0.15) is 199 Å². The lowest BCUT2D eigenvalue weighted by Gasteiger charge is -2.17. The number of hydrogen-bond donors (Lipinski definition) is 0. The number of benzene rings is 6. The molecule has 4 heterocycles. The van der Waals surface area contributed by atoms with Gasteiger partial charge >= 0.3 is 0 Å². The molecule has 0 unspecified atom stereocenters. The minimum Gasteiger partial charge on any atom is -1.00 e. The SMILES string of the molecule is BrCCCCCc1cc(CCCCCBr)c(CCCCCBr)cc1CCCCCBr.[Br-].[Br-].[Br-].[Br-].c1ccc2c[n+](CCCCCc3cc(CCCCC[n+]4ccc5ccccc5c4)c(CCCCC[n+]4ccc5ccccc5c4)cc3CCCCC[n+]3ccc4ccccc4c3)ccc2c1. The van der Waals surface area contributed by atoms with Crippen LogP contribution < -0.4 is 86.2 Å². The van der Waals surface area contributed by atoms with E-state index in [1.165, 1.54) is 249 Å². The smallest absolute Gasteiger partial charge is 0.176 e. The number of hydrogen-bond acceptors (Lipinski definition) is 0. The third-order valence-electron chi connectivity index (χ3n) is 19.8. The molecular formula is C88H112Br8N4. The highest BCUT2D eigenvalue weighted by Crippen LogP contribution is 2.28. The Morgan fingerprint density at radius 1 is 0.190 bits per heavy atom. The summed E-state index contributed by atoms with van der Waals surface area (Å²) < 4.78 is 9.54. The molecule has 0 saturated heterocycles. The van der Waals surface area contributed by atoms with Gasteiger partial charge in [0.1, 0.15) is 26.2 Å². The lowest BCUT2D eigenvalue weighted by atomic mass is 9.88. The summed E-state index contributed by atoms with van der Waals surface area (Å²) in [6, 6.07) is 54.5. The van der Waals surface area contributed by atoms with E-state index in [4.69, 9.17) is 0 Å². The number of halogens is 8. The van der Waals surface area contributed by atoms with Crippen molar-refractivity contribution in [1.29, 1.82) is 0 Å². The van der Waals surface area contributed by atoms with Crippen LogP contribution in [0, 0.1) is 0 Å². The summed E-state index contributed by atoms with van der Waals surface area (Å²) in [6.07, 6.45) is 58.7. The molecular weight excluding hydrogens is 1750 g/mol. The molecule has 4 nitrogen and oxygen atoms in total. The van der Waals surface area contributed by atoms with Crippen molar-refractivity contribution in [3.8, 4) is 0 Å². The van der Waals surface area contributed by atoms with Gasteiger partial charge in [-0.2, -0.15) is 0 Å². The number of nitrogens with zero attached hydrogens (tertiary/aromatic N) is 4. The van der Waals surface area contributed by atoms with Crippen molar-refractivity contribution in [2.75, 3.05) is 21.3 Å². The Morgan fingerprint density at radius 2 is 0.360 bits per heavy atom. The summed E-state index contributed by atoms with van der Waals surface area (Å²) in [7, 11) is 0. The minimum atomic E-state index is 0. The van der Waals surface area contributed by atoms with Crippen molar-refractivity contribution in [2.45, 2.75) is 232 Å². The zero-order valence-corrected chi connectivity index (χ0v) is 72.3. The number of alkyl halides is 4. The maximum atomic E-state index is 3.59. The Labute approximate surface area is 678 Å². The van der Waals surface area contributed by atoms with Crippen molar-refractivity contribution in [3.05, 3.63) is 240 Å². The zero-order chi connectivity index (χ0) is 66.5. The van der Waals surface area contributed by atoms with Crippen LogP contribution >= 0.6 is 63.7 Å². The van der Waals surface area contributed by atoms with Crippen LogP contribution in [0.15, 0.2) is 195 Å². The molecule has 0 aliphatic heterocycles. The first-order chi connectivity index (χ1) is 47.5. The molecule has 0 fully saturated rings. The van der Waals surface area contributed by atoms with E-state index in [0.717, 1.165) is 47.5 Å². The highest BCUT2D eigenvalue weighted by atomic mass is 79.9. The number of aryl methyl sites for hydroxylation is 12. The topological polar surface area (TPSA) is 15.5 Å². The summed E-state index contributed by atoms with van der Waals surface area (Å²) in [6.45, 7) is 4.31. The van der Waals surface area contributed by atoms with Gasteiger partial charge in [0, 0.05) is 92.8 Å². The quantitative estimate of drug-likeness (QED) is 0.0206. The third-order valence-corrected chi connectivity index (χ3v) is 22.0. The van der Waals surface area contributed by atoms with E-state index in [1.54, 1.807) is 44.5 Å². The van der Waals surface area contributed by atoms with Crippen LogP contribution in [0.5, 0.6) is 0 Å². The summed E-state index contributed by atoms with van der Waals surface area (Å²) in [5.74, 6) is 0. The average molecular weight is 1870 g/mol. The Bertz CT molecular complexity index is 3390. The summed E-state index contributed by atoms with van der Waals surface area (Å²) in [4.78, 5) is 0. The van der Waals surface area contributed by atoms with E-state index < -0.39 is 0 Å². The molecule has 0 N–H and O–H groups in total. The van der Waals surface area contributed by atoms with Gasteiger partial charge in [0.2, 0.25) is 0 Å². The van der Waals surface area contributed by atoms with Crippen LogP contribution in [-0.2, 0) is 77.5 Å². The van der Waals surface area contributed by atoms with Gasteiger partial charge in [0.05, 0.1) is 0 Å². The standard InChI is InChI=1S/C62H70N4.C26H42Br4.4BrH/c1(17-37-63-41-33-51-21-9-13-29-59(51)47-63)5-25-55-45-57(27-7-3-19-39-65-43-35-53-23-11-15-31-61(53)49-65)58(28-8-4-20-40-66-44-36-54-24-12-16-32-62(54)50-66)46-56(55)26-6-2-18-38-64-42-34-52-22-10-14-30-60(52)48-64;27-17-9-1-5-13-23-21-25(15-7-3-11-19-29)26(16-8-4-12-20-30)22-24(23)14-6-2-10-18-28;;;;/h9-16,21-24,29-36,41-50H,1-8,17-20,25-28,37-40H2;21-22H,1-20H2;4*1H/q+4;;;;;/p-4. The molecule has 10 aromatic rings. The molecule has 0 amide bonds. The Morgan fingerprint density at radius 3 is 0.540 bits per heavy atom. The number of unbranched alkanes of at least 4 members (excludes halogenated alkanes) is 16. The highest BCUT2D eigenvalue weighted by molar-refractivity contribution is 9.09. The van der Waals surface area contributed by atoms with E-state index in [-0.39, 0.29) is 67.9 Å². The Hall–Kier alpha value is -3.20. The van der Waals surface area contributed by atoms with E-state index in [9.17, 15) is 0 Å². The fraction of sp³-hybridized carbons (Fsp3) is 0.455. The second-order valence-electron chi connectivity index (χ2n) is 27.3.